The van der Waals surface area contributed by atoms with Crippen LogP contribution >= 0.6 is 0 Å². The summed E-state index contributed by atoms with van der Waals surface area (Å²) in [4.78, 5) is 14.8. The number of hydrogen-bond donors (Lipinski definition) is 1. The SMILES string of the molecule is CC(C)C1CCCN1C(=O)C1CCC(CN)CC1. The smallest absolute Gasteiger partial charge is 0.225 e. The van der Waals surface area contributed by atoms with E-state index in [1.54, 1.807) is 0 Å². The van der Waals surface area contributed by atoms with Gasteiger partial charge in [0.2, 0.25) is 5.91 Å². The Morgan fingerprint density at radius 2 is 1.89 bits per heavy atom. The molecule has 1 heterocycles. The largest absolute Gasteiger partial charge is 0.339 e. The molecule has 2 N–H and O–H groups in total. The molecule has 3 nitrogen and oxygen atoms in total. The monoisotopic (exact) mass is 252 g/mol. The fourth-order valence-corrected chi connectivity index (χ4v) is 3.64. The van der Waals surface area contributed by atoms with Crippen LogP contribution in [0.25, 0.3) is 0 Å². The number of hydrogen-bond acceptors (Lipinski definition) is 2. The van der Waals surface area contributed by atoms with Crippen molar-refractivity contribution in [2.24, 2.45) is 23.5 Å². The third kappa shape index (κ3) is 2.87. The normalized spacial score (nSPS) is 33.1. The van der Waals surface area contributed by atoms with Gasteiger partial charge >= 0.3 is 0 Å². The molecule has 2 aliphatic rings. The highest BCUT2D eigenvalue weighted by Crippen LogP contribution is 2.32. The molecule has 0 aromatic rings. The average molecular weight is 252 g/mol. The van der Waals surface area contributed by atoms with Crippen molar-refractivity contribution in [3.8, 4) is 0 Å². The summed E-state index contributed by atoms with van der Waals surface area (Å²) in [6.07, 6.45) is 6.79. The second kappa shape index (κ2) is 6.05. The lowest BCUT2D eigenvalue weighted by Crippen LogP contribution is -2.43. The van der Waals surface area contributed by atoms with Gasteiger partial charge in [-0.3, -0.25) is 4.79 Å². The topological polar surface area (TPSA) is 46.3 Å². The van der Waals surface area contributed by atoms with Crippen molar-refractivity contribution in [3.05, 3.63) is 0 Å². The first kappa shape index (κ1) is 13.9. The molecule has 1 atom stereocenters. The molecule has 18 heavy (non-hydrogen) atoms. The van der Waals surface area contributed by atoms with Crippen LogP contribution in [0.2, 0.25) is 0 Å². The summed E-state index contributed by atoms with van der Waals surface area (Å²) in [7, 11) is 0. The summed E-state index contributed by atoms with van der Waals surface area (Å²) in [5.41, 5.74) is 5.71. The first-order chi connectivity index (χ1) is 8.63. The van der Waals surface area contributed by atoms with E-state index >= 15 is 0 Å². The predicted molar refractivity (Wildman–Crippen MR) is 74.1 cm³/mol. The Morgan fingerprint density at radius 3 is 2.44 bits per heavy atom. The summed E-state index contributed by atoms with van der Waals surface area (Å²) < 4.78 is 0. The van der Waals surface area contributed by atoms with Crippen LogP contribution in [0.15, 0.2) is 0 Å². The third-order valence-electron chi connectivity index (χ3n) is 4.88. The Bertz CT molecular complexity index is 282. The molecule has 0 aromatic heterocycles. The van der Waals surface area contributed by atoms with E-state index in [1.165, 1.54) is 12.8 Å². The van der Waals surface area contributed by atoms with Crippen LogP contribution in [0.5, 0.6) is 0 Å². The van der Waals surface area contributed by atoms with E-state index in [2.05, 4.69) is 18.7 Å². The van der Waals surface area contributed by atoms with Gasteiger partial charge in [-0.2, -0.15) is 0 Å². The van der Waals surface area contributed by atoms with E-state index in [0.717, 1.165) is 38.8 Å². The highest BCUT2D eigenvalue weighted by molar-refractivity contribution is 5.79. The van der Waals surface area contributed by atoms with Crippen molar-refractivity contribution in [3.63, 3.8) is 0 Å². The molecule has 2 fully saturated rings. The number of likely N-dealkylation sites (tertiary alicyclic amines) is 1. The van der Waals surface area contributed by atoms with Crippen LogP contribution in [-0.4, -0.2) is 29.9 Å². The van der Waals surface area contributed by atoms with Crippen LogP contribution in [-0.2, 0) is 4.79 Å². The molecule has 1 aliphatic carbocycles. The fourth-order valence-electron chi connectivity index (χ4n) is 3.64. The van der Waals surface area contributed by atoms with Gasteiger partial charge in [0.15, 0.2) is 0 Å². The zero-order valence-corrected chi connectivity index (χ0v) is 11.9. The van der Waals surface area contributed by atoms with E-state index < -0.39 is 0 Å². The maximum atomic E-state index is 12.6. The number of nitrogens with two attached hydrogens (primary N) is 1. The number of nitrogens with zero attached hydrogens (tertiary/aromatic N) is 1. The van der Waals surface area contributed by atoms with Crippen LogP contribution < -0.4 is 5.73 Å². The van der Waals surface area contributed by atoms with E-state index in [0.29, 0.717) is 23.8 Å². The lowest BCUT2D eigenvalue weighted by Gasteiger charge is -2.34. The minimum Gasteiger partial charge on any atom is -0.339 e. The van der Waals surface area contributed by atoms with Crippen molar-refractivity contribution >= 4 is 5.91 Å². The number of carbonyl (C=O) groups is 1. The molecule has 1 unspecified atom stereocenters. The van der Waals surface area contributed by atoms with Crippen LogP contribution in [0.1, 0.15) is 52.4 Å². The molecule has 0 spiro atoms. The molecule has 1 saturated heterocycles. The van der Waals surface area contributed by atoms with Gasteiger partial charge in [0.25, 0.3) is 0 Å². The summed E-state index contributed by atoms with van der Waals surface area (Å²) in [6, 6.07) is 0.490. The summed E-state index contributed by atoms with van der Waals surface area (Å²) in [5, 5.41) is 0. The Balaban J connectivity index is 1.91. The summed E-state index contributed by atoms with van der Waals surface area (Å²) >= 11 is 0. The van der Waals surface area contributed by atoms with E-state index in [-0.39, 0.29) is 5.92 Å². The molecule has 3 heteroatoms. The maximum Gasteiger partial charge on any atom is 0.225 e. The molecule has 1 saturated carbocycles. The van der Waals surface area contributed by atoms with Gasteiger partial charge in [-0.15, -0.1) is 0 Å². The Kier molecular flexibility index (Phi) is 4.66. The number of amides is 1. The maximum absolute atomic E-state index is 12.6. The molecule has 1 aliphatic heterocycles. The van der Waals surface area contributed by atoms with Crippen molar-refractivity contribution in [1.82, 2.24) is 4.90 Å². The highest BCUT2D eigenvalue weighted by atomic mass is 16.2. The molecule has 2 rings (SSSR count). The zero-order valence-electron chi connectivity index (χ0n) is 11.9. The van der Waals surface area contributed by atoms with Gasteiger partial charge in [-0.05, 0) is 56.9 Å². The predicted octanol–water partition coefficient (Wildman–Crippen LogP) is 2.40. The Hall–Kier alpha value is -0.570. The van der Waals surface area contributed by atoms with E-state index in [9.17, 15) is 4.79 Å². The molecule has 0 radical (unpaired) electrons. The van der Waals surface area contributed by atoms with E-state index in [1.807, 2.05) is 0 Å². The second-order valence-electron chi connectivity index (χ2n) is 6.44. The minimum atomic E-state index is 0.284. The molecular formula is C15H28N2O. The van der Waals surface area contributed by atoms with Gasteiger partial charge in [0.05, 0.1) is 0 Å². The van der Waals surface area contributed by atoms with Crippen LogP contribution in [0.3, 0.4) is 0 Å². The molecule has 0 bridgehead atoms. The first-order valence-electron chi connectivity index (χ1n) is 7.64. The summed E-state index contributed by atoms with van der Waals surface area (Å²) in [6.45, 7) is 6.25. The quantitative estimate of drug-likeness (QED) is 0.838. The second-order valence-corrected chi connectivity index (χ2v) is 6.44. The standard InChI is InChI=1S/C15H28N2O/c1-11(2)14-4-3-9-17(14)15(18)13-7-5-12(10-16)6-8-13/h11-14H,3-10,16H2,1-2H3. The molecule has 0 aromatic carbocycles. The summed E-state index contributed by atoms with van der Waals surface area (Å²) in [5.74, 6) is 1.97. The van der Waals surface area contributed by atoms with Gasteiger partial charge in [0, 0.05) is 18.5 Å². The number of carbonyl (C=O) groups excluding carboxylic acids is 1. The van der Waals surface area contributed by atoms with Gasteiger partial charge in [-0.25, -0.2) is 0 Å². The molecule has 104 valence electrons. The molecular weight excluding hydrogens is 224 g/mol. The average Bonchev–Trinajstić information content (AvgIpc) is 2.87. The third-order valence-corrected chi connectivity index (χ3v) is 4.88. The lowest BCUT2D eigenvalue weighted by molar-refractivity contribution is -0.138. The van der Waals surface area contributed by atoms with Crippen molar-refractivity contribution < 1.29 is 4.79 Å². The van der Waals surface area contributed by atoms with Gasteiger partial charge in [0.1, 0.15) is 0 Å². The fraction of sp³-hybridized carbons (Fsp3) is 0.933. The number of rotatable bonds is 3. The van der Waals surface area contributed by atoms with Crippen molar-refractivity contribution in [1.29, 1.82) is 0 Å². The van der Waals surface area contributed by atoms with Crippen molar-refractivity contribution in [2.75, 3.05) is 13.1 Å². The van der Waals surface area contributed by atoms with Crippen molar-refractivity contribution in [2.45, 2.75) is 58.4 Å². The Labute approximate surface area is 111 Å². The minimum absolute atomic E-state index is 0.284. The molecule has 1 amide bonds. The van der Waals surface area contributed by atoms with Crippen LogP contribution in [0.4, 0.5) is 0 Å². The van der Waals surface area contributed by atoms with Crippen LogP contribution in [0, 0.1) is 17.8 Å². The van der Waals surface area contributed by atoms with E-state index in [4.69, 9.17) is 5.73 Å². The van der Waals surface area contributed by atoms with Gasteiger partial charge in [-0.1, -0.05) is 13.8 Å². The van der Waals surface area contributed by atoms with Gasteiger partial charge < -0.3 is 10.6 Å². The highest BCUT2D eigenvalue weighted by Gasteiger charge is 2.35. The lowest BCUT2D eigenvalue weighted by atomic mass is 9.81. The first-order valence-corrected chi connectivity index (χ1v) is 7.64. The zero-order chi connectivity index (χ0) is 13.1. The Morgan fingerprint density at radius 1 is 1.22 bits per heavy atom.